The van der Waals surface area contributed by atoms with E-state index in [9.17, 15) is 9.59 Å². The van der Waals surface area contributed by atoms with Crippen molar-refractivity contribution in [1.29, 1.82) is 0 Å². The lowest BCUT2D eigenvalue weighted by atomic mass is 9.98. The smallest absolute Gasteiger partial charge is 0.262 e. The average molecular weight is 495 g/mol. The van der Waals surface area contributed by atoms with Gasteiger partial charge in [-0.2, -0.15) is 5.10 Å². The van der Waals surface area contributed by atoms with Gasteiger partial charge in [0.05, 0.1) is 32.1 Å². The number of benzene rings is 2. The van der Waals surface area contributed by atoms with Gasteiger partial charge < -0.3 is 19.1 Å². The molecular formula is C27H34N4O5. The SMILES string of the molecule is COCC(=O)N(CCN1CCOCC1)CC(=O)N1N=C(c2ccc(OC)cc2)C[C@H]1c1ccccc1. The lowest BCUT2D eigenvalue weighted by Gasteiger charge is -2.31. The molecule has 0 aromatic heterocycles. The third-order valence-corrected chi connectivity index (χ3v) is 6.51. The summed E-state index contributed by atoms with van der Waals surface area (Å²) in [4.78, 5) is 30.2. The number of carbonyl (C=O) groups is 2. The number of hydrazone groups is 1. The summed E-state index contributed by atoms with van der Waals surface area (Å²) in [7, 11) is 3.11. The van der Waals surface area contributed by atoms with Gasteiger partial charge in [0, 0.05) is 39.7 Å². The van der Waals surface area contributed by atoms with Crippen LogP contribution in [0.25, 0.3) is 0 Å². The normalized spacial score (nSPS) is 18.1. The summed E-state index contributed by atoms with van der Waals surface area (Å²) >= 11 is 0. The highest BCUT2D eigenvalue weighted by atomic mass is 16.5. The van der Waals surface area contributed by atoms with E-state index >= 15 is 0 Å². The van der Waals surface area contributed by atoms with Gasteiger partial charge in [-0.3, -0.25) is 14.5 Å². The lowest BCUT2D eigenvalue weighted by molar-refractivity contribution is -0.143. The Morgan fingerprint density at radius 3 is 2.44 bits per heavy atom. The van der Waals surface area contributed by atoms with Crippen molar-refractivity contribution in [2.45, 2.75) is 12.5 Å². The van der Waals surface area contributed by atoms with E-state index in [4.69, 9.17) is 19.3 Å². The molecule has 0 radical (unpaired) electrons. The average Bonchev–Trinajstić information content (AvgIpc) is 3.38. The molecule has 2 amide bonds. The Balaban J connectivity index is 1.53. The highest BCUT2D eigenvalue weighted by Gasteiger charge is 2.34. The monoisotopic (exact) mass is 494 g/mol. The summed E-state index contributed by atoms with van der Waals surface area (Å²) in [5, 5.41) is 6.28. The van der Waals surface area contributed by atoms with E-state index in [0.29, 0.717) is 32.7 Å². The number of rotatable bonds is 10. The molecule has 2 aromatic rings. The van der Waals surface area contributed by atoms with Gasteiger partial charge in [-0.25, -0.2) is 5.01 Å². The summed E-state index contributed by atoms with van der Waals surface area (Å²) in [5.74, 6) is 0.324. The first kappa shape index (κ1) is 25.8. The van der Waals surface area contributed by atoms with Gasteiger partial charge in [0.15, 0.2) is 0 Å². The molecule has 2 heterocycles. The standard InChI is InChI=1S/C27H34N4O5/c1-34-20-27(33)30(13-12-29-14-16-36-17-15-29)19-26(32)31-25(22-6-4-3-5-7-22)18-24(28-31)21-8-10-23(35-2)11-9-21/h3-11,25H,12-20H2,1-2H3/t25-/m0/s1. The second-order valence-electron chi connectivity index (χ2n) is 8.85. The number of hydrogen-bond acceptors (Lipinski definition) is 7. The largest absolute Gasteiger partial charge is 0.497 e. The predicted molar refractivity (Wildman–Crippen MR) is 136 cm³/mol. The number of methoxy groups -OCH3 is 2. The van der Waals surface area contributed by atoms with Crippen molar-refractivity contribution in [3.05, 3.63) is 65.7 Å². The van der Waals surface area contributed by atoms with Crippen LogP contribution in [-0.4, -0.2) is 99.1 Å². The summed E-state index contributed by atoms with van der Waals surface area (Å²) in [6, 6.07) is 17.3. The molecule has 2 aromatic carbocycles. The first-order valence-corrected chi connectivity index (χ1v) is 12.2. The Kier molecular flexibility index (Phi) is 9.05. The highest BCUT2D eigenvalue weighted by Crippen LogP contribution is 2.33. The van der Waals surface area contributed by atoms with Gasteiger partial charge in [-0.1, -0.05) is 30.3 Å². The number of nitrogens with zero attached hydrogens (tertiary/aromatic N) is 4. The highest BCUT2D eigenvalue weighted by molar-refractivity contribution is 6.03. The van der Waals surface area contributed by atoms with Crippen molar-refractivity contribution in [2.75, 3.05) is 66.8 Å². The Labute approximate surface area is 212 Å². The van der Waals surface area contributed by atoms with E-state index in [1.165, 1.54) is 12.1 Å². The van der Waals surface area contributed by atoms with Crippen LogP contribution in [0.15, 0.2) is 59.7 Å². The molecule has 192 valence electrons. The molecule has 0 saturated carbocycles. The Morgan fingerprint density at radius 2 is 1.78 bits per heavy atom. The molecule has 36 heavy (non-hydrogen) atoms. The predicted octanol–water partition coefficient (Wildman–Crippen LogP) is 2.18. The molecule has 0 spiro atoms. The molecule has 1 atom stereocenters. The van der Waals surface area contributed by atoms with Crippen molar-refractivity contribution in [2.24, 2.45) is 5.10 Å². The third kappa shape index (κ3) is 6.48. The zero-order valence-corrected chi connectivity index (χ0v) is 21.0. The Hall–Kier alpha value is -3.27. The Bertz CT molecular complexity index is 1040. The molecule has 9 heteroatoms. The van der Waals surface area contributed by atoms with Crippen LogP contribution in [0.3, 0.4) is 0 Å². The zero-order chi connectivity index (χ0) is 25.3. The van der Waals surface area contributed by atoms with E-state index < -0.39 is 0 Å². The van der Waals surface area contributed by atoms with Gasteiger partial charge in [0.25, 0.3) is 5.91 Å². The van der Waals surface area contributed by atoms with Gasteiger partial charge >= 0.3 is 0 Å². The van der Waals surface area contributed by atoms with E-state index in [2.05, 4.69) is 4.90 Å². The number of ether oxygens (including phenoxy) is 3. The quantitative estimate of drug-likeness (QED) is 0.504. The molecule has 2 aliphatic rings. The summed E-state index contributed by atoms with van der Waals surface area (Å²) in [5.41, 5.74) is 2.76. The topological polar surface area (TPSA) is 83.9 Å². The fourth-order valence-electron chi connectivity index (χ4n) is 4.46. The van der Waals surface area contributed by atoms with Crippen molar-refractivity contribution < 1.29 is 23.8 Å². The van der Waals surface area contributed by atoms with E-state index in [-0.39, 0.29) is 31.0 Å². The molecular weight excluding hydrogens is 460 g/mol. The van der Waals surface area contributed by atoms with Gasteiger partial charge in [0.2, 0.25) is 5.91 Å². The molecule has 1 saturated heterocycles. The minimum absolute atomic E-state index is 0.0603. The van der Waals surface area contributed by atoms with Crippen LogP contribution in [0.5, 0.6) is 5.75 Å². The van der Waals surface area contributed by atoms with Crippen LogP contribution in [0.2, 0.25) is 0 Å². The summed E-state index contributed by atoms with van der Waals surface area (Å²) in [6.07, 6.45) is 0.585. The number of carbonyl (C=O) groups excluding carboxylic acids is 2. The molecule has 4 rings (SSSR count). The molecule has 0 unspecified atom stereocenters. The van der Waals surface area contributed by atoms with Crippen molar-refractivity contribution in [3.63, 3.8) is 0 Å². The molecule has 1 fully saturated rings. The third-order valence-electron chi connectivity index (χ3n) is 6.51. The number of hydrogen-bond donors (Lipinski definition) is 0. The number of morpholine rings is 1. The van der Waals surface area contributed by atoms with E-state index in [1.54, 1.807) is 12.0 Å². The number of amides is 2. The maximum absolute atomic E-state index is 13.6. The second kappa shape index (κ2) is 12.6. The van der Waals surface area contributed by atoms with E-state index in [1.807, 2.05) is 54.6 Å². The van der Waals surface area contributed by atoms with E-state index in [0.717, 1.165) is 35.7 Å². The fraction of sp³-hybridized carbons (Fsp3) is 0.444. The zero-order valence-electron chi connectivity index (χ0n) is 21.0. The lowest BCUT2D eigenvalue weighted by Crippen LogP contribution is -2.47. The Morgan fingerprint density at radius 1 is 1.06 bits per heavy atom. The van der Waals surface area contributed by atoms with Crippen molar-refractivity contribution >= 4 is 17.5 Å². The second-order valence-corrected chi connectivity index (χ2v) is 8.85. The summed E-state index contributed by atoms with van der Waals surface area (Å²) < 4.78 is 15.8. The first-order valence-electron chi connectivity index (χ1n) is 12.2. The minimum atomic E-state index is -0.241. The van der Waals surface area contributed by atoms with Gasteiger partial charge in [0.1, 0.15) is 18.9 Å². The van der Waals surface area contributed by atoms with Crippen LogP contribution >= 0.6 is 0 Å². The van der Waals surface area contributed by atoms with Crippen LogP contribution in [0, 0.1) is 0 Å². The summed E-state index contributed by atoms with van der Waals surface area (Å²) in [6.45, 7) is 3.98. The van der Waals surface area contributed by atoms with Crippen LogP contribution in [-0.2, 0) is 19.1 Å². The van der Waals surface area contributed by atoms with Crippen LogP contribution < -0.4 is 4.74 Å². The van der Waals surface area contributed by atoms with Crippen LogP contribution in [0.4, 0.5) is 0 Å². The molecule has 0 N–H and O–H groups in total. The molecule has 0 bridgehead atoms. The molecule has 2 aliphatic heterocycles. The van der Waals surface area contributed by atoms with Crippen molar-refractivity contribution in [3.8, 4) is 5.75 Å². The van der Waals surface area contributed by atoms with Crippen molar-refractivity contribution in [1.82, 2.24) is 14.8 Å². The minimum Gasteiger partial charge on any atom is -0.497 e. The van der Waals surface area contributed by atoms with Gasteiger partial charge in [-0.15, -0.1) is 0 Å². The molecule has 0 aliphatic carbocycles. The maximum atomic E-state index is 13.6. The van der Waals surface area contributed by atoms with Crippen LogP contribution in [0.1, 0.15) is 23.6 Å². The molecule has 9 nitrogen and oxygen atoms in total. The first-order chi connectivity index (χ1) is 17.6. The fourth-order valence-corrected chi connectivity index (χ4v) is 4.46. The van der Waals surface area contributed by atoms with Gasteiger partial charge in [-0.05, 0) is 35.4 Å². The maximum Gasteiger partial charge on any atom is 0.262 e.